The minimum atomic E-state index is 0.251. The molecule has 4 N–H and O–H groups in total. The third-order valence-electron chi connectivity index (χ3n) is 6.01. The number of anilines is 2. The van der Waals surface area contributed by atoms with Crippen LogP contribution >= 0.6 is 27.9 Å². The van der Waals surface area contributed by atoms with E-state index in [9.17, 15) is 0 Å². The van der Waals surface area contributed by atoms with E-state index in [-0.39, 0.29) is 6.79 Å². The van der Waals surface area contributed by atoms with E-state index >= 15 is 0 Å². The first-order valence-corrected chi connectivity index (χ1v) is 12.6. The van der Waals surface area contributed by atoms with Crippen LogP contribution in [0, 0.1) is 13.8 Å². The highest BCUT2D eigenvalue weighted by Gasteiger charge is 2.20. The first-order chi connectivity index (χ1) is 17.0. The van der Waals surface area contributed by atoms with Crippen molar-refractivity contribution in [3.63, 3.8) is 0 Å². The minimum Gasteiger partial charge on any atom is -0.454 e. The van der Waals surface area contributed by atoms with Gasteiger partial charge in [-0.1, -0.05) is 6.07 Å². The number of nitrogens with zero attached hydrogens (tertiary/aromatic N) is 3. The molecule has 0 fully saturated rings. The van der Waals surface area contributed by atoms with Crippen molar-refractivity contribution in [1.82, 2.24) is 19.5 Å². The lowest BCUT2D eigenvalue weighted by Crippen LogP contribution is -1.99. The SMILES string of the molecule is Cc1cc(-c2nc3c(Nc4cccc(SN)c4)c(Br)cnc3[nH]2)c(C)n1-c1ccc2c(c1)OCO2. The predicted molar refractivity (Wildman–Crippen MR) is 142 cm³/mol. The molecule has 0 radical (unpaired) electrons. The summed E-state index contributed by atoms with van der Waals surface area (Å²) in [6.45, 7) is 4.41. The number of imidazole rings is 1. The fourth-order valence-electron chi connectivity index (χ4n) is 4.39. The molecule has 0 unspecified atom stereocenters. The number of hydrogen-bond acceptors (Lipinski definition) is 7. The molecule has 1 aliphatic heterocycles. The van der Waals surface area contributed by atoms with Crippen LogP contribution in [0.3, 0.4) is 0 Å². The van der Waals surface area contributed by atoms with Gasteiger partial charge in [0.15, 0.2) is 17.1 Å². The van der Waals surface area contributed by atoms with Crippen LogP contribution in [-0.2, 0) is 0 Å². The van der Waals surface area contributed by atoms with E-state index < -0.39 is 0 Å². The number of rotatable bonds is 5. The molecule has 0 spiro atoms. The summed E-state index contributed by atoms with van der Waals surface area (Å²) >= 11 is 4.84. The number of H-pyrrole nitrogens is 1. The Hall–Kier alpha value is -3.47. The first-order valence-electron chi connectivity index (χ1n) is 10.9. The molecule has 6 rings (SSSR count). The van der Waals surface area contributed by atoms with Crippen molar-refractivity contribution >= 4 is 50.4 Å². The Kier molecular flexibility index (Phi) is 5.43. The number of nitrogens with one attached hydrogen (secondary N) is 2. The Morgan fingerprint density at radius 1 is 1.11 bits per heavy atom. The molecule has 0 saturated carbocycles. The summed E-state index contributed by atoms with van der Waals surface area (Å²) in [5, 5.41) is 9.20. The Bertz CT molecular complexity index is 1590. The van der Waals surface area contributed by atoms with Gasteiger partial charge in [0, 0.05) is 45.5 Å². The van der Waals surface area contributed by atoms with Gasteiger partial charge < -0.3 is 24.3 Å². The van der Waals surface area contributed by atoms with E-state index in [4.69, 9.17) is 19.6 Å². The molecule has 0 bridgehead atoms. The molecule has 4 heterocycles. The van der Waals surface area contributed by atoms with Crippen LogP contribution in [-0.4, -0.2) is 26.3 Å². The minimum absolute atomic E-state index is 0.251. The average molecular weight is 549 g/mol. The second kappa shape index (κ2) is 8.63. The second-order valence-corrected chi connectivity index (χ2v) is 9.75. The number of fused-ring (bicyclic) bond motifs is 2. The number of aromatic nitrogens is 4. The summed E-state index contributed by atoms with van der Waals surface area (Å²) in [5.74, 6) is 2.27. The molecule has 10 heteroatoms. The molecule has 5 aromatic rings. The van der Waals surface area contributed by atoms with Crippen LogP contribution in [0.2, 0.25) is 0 Å². The molecular weight excluding hydrogens is 528 g/mol. The summed E-state index contributed by atoms with van der Waals surface area (Å²) in [5.41, 5.74) is 7.34. The van der Waals surface area contributed by atoms with Crippen molar-refractivity contribution in [3.8, 4) is 28.6 Å². The van der Waals surface area contributed by atoms with Gasteiger partial charge in [0.25, 0.3) is 0 Å². The Balaban J connectivity index is 1.42. The van der Waals surface area contributed by atoms with Crippen molar-refractivity contribution in [2.24, 2.45) is 5.14 Å². The largest absolute Gasteiger partial charge is 0.454 e. The number of aromatic amines is 1. The van der Waals surface area contributed by atoms with Gasteiger partial charge in [-0.2, -0.15) is 0 Å². The van der Waals surface area contributed by atoms with Gasteiger partial charge in [-0.3, -0.25) is 5.14 Å². The smallest absolute Gasteiger partial charge is 0.231 e. The molecule has 0 amide bonds. The molecule has 2 aromatic carbocycles. The van der Waals surface area contributed by atoms with E-state index in [1.807, 2.05) is 42.5 Å². The van der Waals surface area contributed by atoms with Gasteiger partial charge in [-0.05, 0) is 78.1 Å². The number of aryl methyl sites for hydroxylation is 1. The number of nitrogens with two attached hydrogens (primary N) is 1. The van der Waals surface area contributed by atoms with Crippen molar-refractivity contribution in [2.75, 3.05) is 12.1 Å². The van der Waals surface area contributed by atoms with Gasteiger partial charge in [0.1, 0.15) is 11.3 Å². The molecule has 0 atom stereocenters. The summed E-state index contributed by atoms with van der Waals surface area (Å²) in [7, 11) is 0. The molecule has 0 saturated heterocycles. The highest BCUT2D eigenvalue weighted by molar-refractivity contribution is 9.10. The molecule has 1 aliphatic rings. The lowest BCUT2D eigenvalue weighted by Gasteiger charge is -2.10. The maximum absolute atomic E-state index is 5.73. The van der Waals surface area contributed by atoms with Gasteiger partial charge in [0.05, 0.1) is 10.2 Å². The van der Waals surface area contributed by atoms with Crippen LogP contribution < -0.4 is 19.9 Å². The fraction of sp³-hybridized carbons (Fsp3) is 0.120. The number of pyridine rings is 1. The van der Waals surface area contributed by atoms with E-state index in [0.717, 1.165) is 66.2 Å². The lowest BCUT2D eigenvalue weighted by atomic mass is 10.2. The number of ether oxygens (including phenoxy) is 2. The van der Waals surface area contributed by atoms with Crippen molar-refractivity contribution in [2.45, 2.75) is 18.7 Å². The predicted octanol–water partition coefficient (Wildman–Crippen LogP) is 6.23. The van der Waals surface area contributed by atoms with Crippen molar-refractivity contribution in [1.29, 1.82) is 0 Å². The molecule has 35 heavy (non-hydrogen) atoms. The summed E-state index contributed by atoms with van der Waals surface area (Å²) in [4.78, 5) is 13.9. The third kappa shape index (κ3) is 3.83. The fourth-order valence-corrected chi connectivity index (χ4v) is 5.13. The van der Waals surface area contributed by atoms with Gasteiger partial charge in [-0.15, -0.1) is 0 Å². The number of benzene rings is 2. The molecular formula is C25H21BrN6O2S. The van der Waals surface area contributed by atoms with E-state index in [1.54, 1.807) is 6.20 Å². The topological polar surface area (TPSA) is 103 Å². The second-order valence-electron chi connectivity index (χ2n) is 8.19. The number of halogens is 1. The third-order valence-corrected chi connectivity index (χ3v) is 7.13. The van der Waals surface area contributed by atoms with Gasteiger partial charge in [0.2, 0.25) is 6.79 Å². The molecule has 0 aliphatic carbocycles. The summed E-state index contributed by atoms with van der Waals surface area (Å²) < 4.78 is 14.0. The Morgan fingerprint density at radius 3 is 2.83 bits per heavy atom. The van der Waals surface area contributed by atoms with E-state index in [1.165, 1.54) is 11.9 Å². The quantitative estimate of drug-likeness (QED) is 0.223. The summed E-state index contributed by atoms with van der Waals surface area (Å²) in [6.07, 6.45) is 1.77. The zero-order valence-electron chi connectivity index (χ0n) is 18.9. The van der Waals surface area contributed by atoms with Crippen LogP contribution in [0.15, 0.2) is 64.1 Å². The average Bonchev–Trinajstić information content (AvgIpc) is 3.57. The maximum atomic E-state index is 5.73. The summed E-state index contributed by atoms with van der Waals surface area (Å²) in [6, 6.07) is 16.0. The van der Waals surface area contributed by atoms with Crippen LogP contribution in [0.25, 0.3) is 28.2 Å². The Labute approximate surface area is 214 Å². The normalized spacial score (nSPS) is 12.5. The van der Waals surface area contributed by atoms with Gasteiger partial charge >= 0.3 is 0 Å². The van der Waals surface area contributed by atoms with E-state index in [0.29, 0.717) is 5.65 Å². The maximum Gasteiger partial charge on any atom is 0.231 e. The molecule has 176 valence electrons. The lowest BCUT2D eigenvalue weighted by molar-refractivity contribution is 0.174. The molecule has 3 aromatic heterocycles. The Morgan fingerprint density at radius 2 is 1.97 bits per heavy atom. The highest BCUT2D eigenvalue weighted by Crippen LogP contribution is 2.37. The van der Waals surface area contributed by atoms with Gasteiger partial charge in [-0.25, -0.2) is 9.97 Å². The standard InChI is InChI=1S/C25H21BrN6O2S/c1-13-8-18(14(2)32(13)16-6-7-20-21(10-16)34-12-33-20)24-30-23-22(19(26)11-28-25(23)31-24)29-15-4-3-5-17(9-15)35-27/h3-11H,12,27H2,1-2H3,(H2,28,29,30,31). The van der Waals surface area contributed by atoms with Crippen molar-refractivity contribution in [3.05, 3.63) is 70.6 Å². The highest BCUT2D eigenvalue weighted by atomic mass is 79.9. The first kappa shape index (κ1) is 22.0. The van der Waals surface area contributed by atoms with Crippen molar-refractivity contribution < 1.29 is 9.47 Å². The monoisotopic (exact) mass is 548 g/mol. The zero-order chi connectivity index (χ0) is 24.1. The van der Waals surface area contributed by atoms with Crippen LogP contribution in [0.4, 0.5) is 11.4 Å². The van der Waals surface area contributed by atoms with Crippen LogP contribution in [0.5, 0.6) is 11.5 Å². The van der Waals surface area contributed by atoms with E-state index in [2.05, 4.69) is 55.7 Å². The molecule has 8 nitrogen and oxygen atoms in total. The number of hydrogen-bond donors (Lipinski definition) is 3. The zero-order valence-corrected chi connectivity index (χ0v) is 21.3. The van der Waals surface area contributed by atoms with Crippen LogP contribution in [0.1, 0.15) is 11.4 Å².